The van der Waals surface area contributed by atoms with Crippen molar-refractivity contribution in [1.82, 2.24) is 19.8 Å². The Morgan fingerprint density at radius 1 is 1.29 bits per heavy atom. The first-order valence-electron chi connectivity index (χ1n) is 6.33. The Kier molecular flexibility index (Phi) is 5.15. The molecule has 0 unspecified atom stereocenters. The molecule has 0 saturated heterocycles. The van der Waals surface area contributed by atoms with E-state index in [2.05, 4.69) is 31.1 Å². The van der Waals surface area contributed by atoms with Gasteiger partial charge in [0.25, 0.3) is 0 Å². The second-order valence-electron chi connectivity index (χ2n) is 4.57. The van der Waals surface area contributed by atoms with Crippen LogP contribution < -0.4 is 10.0 Å². The number of hydrogen-bond acceptors (Lipinski definition) is 4. The monoisotopic (exact) mass is 372 g/mol. The SMILES string of the molecule is CNCc1ccc(Br)c(S(=O)(=O)NCc2ccnn2C)c1. The van der Waals surface area contributed by atoms with Gasteiger partial charge in [-0.2, -0.15) is 5.10 Å². The summed E-state index contributed by atoms with van der Waals surface area (Å²) in [4.78, 5) is 0.234. The van der Waals surface area contributed by atoms with E-state index in [1.165, 1.54) is 0 Å². The summed E-state index contributed by atoms with van der Waals surface area (Å²) in [6.45, 7) is 0.805. The summed E-state index contributed by atoms with van der Waals surface area (Å²) in [5.74, 6) is 0. The van der Waals surface area contributed by atoms with Crippen molar-refractivity contribution >= 4 is 26.0 Å². The van der Waals surface area contributed by atoms with Crippen molar-refractivity contribution in [3.8, 4) is 0 Å². The minimum atomic E-state index is -3.59. The summed E-state index contributed by atoms with van der Waals surface area (Å²) in [6.07, 6.45) is 1.63. The number of hydrogen-bond donors (Lipinski definition) is 2. The van der Waals surface area contributed by atoms with Crippen LogP contribution in [0.3, 0.4) is 0 Å². The summed E-state index contributed by atoms with van der Waals surface area (Å²) in [7, 11) is -0.00311. The normalized spacial score (nSPS) is 11.8. The van der Waals surface area contributed by atoms with Crippen LogP contribution in [0.5, 0.6) is 0 Å². The number of halogens is 1. The molecule has 2 N–H and O–H groups in total. The van der Waals surface area contributed by atoms with Crippen molar-refractivity contribution in [3.05, 3.63) is 46.2 Å². The Bertz CT molecular complexity index is 728. The molecule has 0 radical (unpaired) electrons. The van der Waals surface area contributed by atoms with Crippen molar-refractivity contribution in [2.75, 3.05) is 7.05 Å². The van der Waals surface area contributed by atoms with E-state index >= 15 is 0 Å². The first-order valence-corrected chi connectivity index (χ1v) is 8.61. The number of aromatic nitrogens is 2. The molecule has 8 heteroatoms. The summed E-state index contributed by atoms with van der Waals surface area (Å²) in [5, 5.41) is 7.01. The number of sulfonamides is 1. The minimum absolute atomic E-state index is 0.196. The number of aryl methyl sites for hydroxylation is 1. The Labute approximate surface area is 132 Å². The molecule has 0 aliphatic heterocycles. The number of rotatable bonds is 6. The lowest BCUT2D eigenvalue weighted by Crippen LogP contribution is -2.25. The van der Waals surface area contributed by atoms with Gasteiger partial charge in [0.15, 0.2) is 0 Å². The fraction of sp³-hybridized carbons (Fsp3) is 0.308. The van der Waals surface area contributed by atoms with Crippen LogP contribution in [0.1, 0.15) is 11.3 Å². The van der Waals surface area contributed by atoms with Crippen LogP contribution >= 0.6 is 15.9 Å². The molecule has 2 rings (SSSR count). The third-order valence-corrected chi connectivity index (χ3v) is 5.43. The second-order valence-corrected chi connectivity index (χ2v) is 7.16. The van der Waals surface area contributed by atoms with Gasteiger partial charge in [-0.3, -0.25) is 4.68 Å². The fourth-order valence-electron chi connectivity index (χ4n) is 1.89. The van der Waals surface area contributed by atoms with Gasteiger partial charge in [-0.1, -0.05) is 6.07 Å². The average Bonchev–Trinajstić information content (AvgIpc) is 2.84. The van der Waals surface area contributed by atoms with Gasteiger partial charge in [0.1, 0.15) is 0 Å². The quantitative estimate of drug-likeness (QED) is 0.802. The summed E-state index contributed by atoms with van der Waals surface area (Å²) in [6, 6.07) is 7.05. The molecule has 0 atom stereocenters. The van der Waals surface area contributed by atoms with Crippen LogP contribution in [0.15, 0.2) is 39.8 Å². The fourth-order valence-corrected chi connectivity index (χ4v) is 3.90. The first-order chi connectivity index (χ1) is 9.94. The summed E-state index contributed by atoms with van der Waals surface area (Å²) in [5.41, 5.74) is 1.70. The molecule has 0 bridgehead atoms. The van der Waals surface area contributed by atoms with Crippen LogP contribution in [0.4, 0.5) is 0 Å². The molecule has 0 amide bonds. The topological polar surface area (TPSA) is 76.0 Å². The molecule has 0 saturated carbocycles. The minimum Gasteiger partial charge on any atom is -0.316 e. The van der Waals surface area contributed by atoms with Crippen molar-refractivity contribution in [3.63, 3.8) is 0 Å². The molecular weight excluding hydrogens is 356 g/mol. The molecule has 21 heavy (non-hydrogen) atoms. The lowest BCUT2D eigenvalue weighted by molar-refractivity contribution is 0.576. The third kappa shape index (κ3) is 3.91. The van der Waals surface area contributed by atoms with Crippen LogP contribution in [-0.2, 0) is 30.2 Å². The highest BCUT2D eigenvalue weighted by molar-refractivity contribution is 9.10. The second kappa shape index (κ2) is 6.69. The van der Waals surface area contributed by atoms with Gasteiger partial charge in [-0.25, -0.2) is 13.1 Å². The maximum Gasteiger partial charge on any atom is 0.242 e. The lowest BCUT2D eigenvalue weighted by atomic mass is 10.2. The Morgan fingerprint density at radius 3 is 2.67 bits per heavy atom. The molecule has 1 heterocycles. The van der Waals surface area contributed by atoms with Gasteiger partial charge in [0.05, 0.1) is 17.1 Å². The highest BCUT2D eigenvalue weighted by Gasteiger charge is 2.18. The van der Waals surface area contributed by atoms with E-state index in [0.29, 0.717) is 11.0 Å². The van der Waals surface area contributed by atoms with Gasteiger partial charge in [-0.05, 0) is 46.7 Å². The van der Waals surface area contributed by atoms with Gasteiger partial charge < -0.3 is 5.32 Å². The highest BCUT2D eigenvalue weighted by Crippen LogP contribution is 2.23. The molecule has 2 aromatic rings. The molecule has 6 nitrogen and oxygen atoms in total. The first kappa shape index (κ1) is 16.2. The van der Waals surface area contributed by atoms with Crippen LogP contribution in [0.25, 0.3) is 0 Å². The maximum atomic E-state index is 12.4. The molecule has 0 fully saturated rings. The molecule has 0 aliphatic rings. The standard InChI is InChI=1S/C13H17BrN4O2S/c1-15-8-10-3-4-12(14)13(7-10)21(19,20)17-9-11-5-6-16-18(11)2/h3-7,15,17H,8-9H2,1-2H3. The van der Waals surface area contributed by atoms with Crippen molar-refractivity contribution in [2.45, 2.75) is 18.0 Å². The Morgan fingerprint density at radius 2 is 2.05 bits per heavy atom. The van der Waals surface area contributed by atoms with Crippen molar-refractivity contribution in [2.24, 2.45) is 7.05 Å². The average molecular weight is 373 g/mol. The molecule has 1 aromatic carbocycles. The summed E-state index contributed by atoms with van der Waals surface area (Å²) >= 11 is 3.29. The van der Waals surface area contributed by atoms with Gasteiger partial charge in [0.2, 0.25) is 10.0 Å². The van der Waals surface area contributed by atoms with E-state index in [0.717, 1.165) is 11.3 Å². The predicted molar refractivity (Wildman–Crippen MR) is 84.1 cm³/mol. The van der Waals surface area contributed by atoms with Gasteiger partial charge in [0, 0.05) is 24.3 Å². The highest BCUT2D eigenvalue weighted by atomic mass is 79.9. The van der Waals surface area contributed by atoms with E-state index in [1.807, 2.05) is 13.1 Å². The van der Waals surface area contributed by atoms with Gasteiger partial charge in [-0.15, -0.1) is 0 Å². The lowest BCUT2D eigenvalue weighted by Gasteiger charge is -2.10. The van der Waals surface area contributed by atoms with E-state index in [9.17, 15) is 8.42 Å². The zero-order chi connectivity index (χ0) is 15.5. The van der Waals surface area contributed by atoms with Crippen LogP contribution in [0.2, 0.25) is 0 Å². The number of nitrogens with zero attached hydrogens (tertiary/aromatic N) is 2. The largest absolute Gasteiger partial charge is 0.316 e. The van der Waals surface area contributed by atoms with E-state index in [1.54, 1.807) is 36.1 Å². The smallest absolute Gasteiger partial charge is 0.242 e. The predicted octanol–water partition coefficient (Wildman–Crippen LogP) is 1.38. The molecular formula is C13H17BrN4O2S. The zero-order valence-corrected chi connectivity index (χ0v) is 14.2. The van der Waals surface area contributed by atoms with Crippen LogP contribution in [0, 0.1) is 0 Å². The molecule has 0 spiro atoms. The zero-order valence-electron chi connectivity index (χ0n) is 11.8. The summed E-state index contributed by atoms with van der Waals surface area (Å²) < 4.78 is 29.6. The maximum absolute atomic E-state index is 12.4. The molecule has 1 aromatic heterocycles. The Balaban J connectivity index is 2.22. The number of benzene rings is 1. The van der Waals surface area contributed by atoms with E-state index in [-0.39, 0.29) is 11.4 Å². The van der Waals surface area contributed by atoms with Crippen molar-refractivity contribution in [1.29, 1.82) is 0 Å². The number of nitrogens with one attached hydrogen (secondary N) is 2. The Hall–Kier alpha value is -1.22. The van der Waals surface area contributed by atoms with E-state index in [4.69, 9.17) is 0 Å². The third-order valence-electron chi connectivity index (χ3n) is 3.03. The van der Waals surface area contributed by atoms with Crippen LogP contribution in [-0.4, -0.2) is 25.2 Å². The molecule has 0 aliphatic carbocycles. The van der Waals surface area contributed by atoms with Gasteiger partial charge >= 0.3 is 0 Å². The van der Waals surface area contributed by atoms with Crippen molar-refractivity contribution < 1.29 is 8.42 Å². The molecule has 114 valence electrons. The van der Waals surface area contributed by atoms with E-state index < -0.39 is 10.0 Å².